The van der Waals surface area contributed by atoms with Crippen molar-refractivity contribution < 1.29 is 17.9 Å². The summed E-state index contributed by atoms with van der Waals surface area (Å²) in [4.78, 5) is 10.4. The fourth-order valence-electron chi connectivity index (χ4n) is 0.834. The van der Waals surface area contributed by atoms with Gasteiger partial charge in [-0.1, -0.05) is 0 Å². The molecule has 1 rings (SSSR count). The van der Waals surface area contributed by atoms with Crippen molar-refractivity contribution in [3.05, 3.63) is 11.5 Å². The van der Waals surface area contributed by atoms with Gasteiger partial charge < -0.3 is 4.74 Å². The maximum atomic E-state index is 10.7. The lowest BCUT2D eigenvalue weighted by atomic mass is 10.4. The van der Waals surface area contributed by atoms with Gasteiger partial charge in [-0.25, -0.2) is 8.42 Å². The van der Waals surface area contributed by atoms with E-state index in [9.17, 15) is 13.2 Å². The van der Waals surface area contributed by atoms with Crippen molar-refractivity contribution in [1.29, 1.82) is 0 Å². The normalized spacial score (nSPS) is 26.8. The molecular formula is C6H8O4S. The molecule has 11 heavy (non-hydrogen) atoms. The number of esters is 1. The maximum absolute atomic E-state index is 10.7. The Morgan fingerprint density at radius 3 is 2.64 bits per heavy atom. The molecule has 1 aliphatic rings. The highest BCUT2D eigenvalue weighted by molar-refractivity contribution is 7.94. The van der Waals surface area contributed by atoms with Crippen LogP contribution in [0.4, 0.5) is 0 Å². The molecule has 0 saturated heterocycles. The number of hydrogen-bond acceptors (Lipinski definition) is 4. The Morgan fingerprint density at radius 1 is 1.64 bits per heavy atom. The molecule has 0 N–H and O–H groups in total. The van der Waals surface area contributed by atoms with Gasteiger partial charge in [0.25, 0.3) is 0 Å². The van der Waals surface area contributed by atoms with E-state index in [0.29, 0.717) is 0 Å². The molecule has 0 spiro atoms. The van der Waals surface area contributed by atoms with Gasteiger partial charge in [0.2, 0.25) is 0 Å². The summed E-state index contributed by atoms with van der Waals surface area (Å²) < 4.78 is 26.1. The van der Waals surface area contributed by atoms with Crippen molar-refractivity contribution in [2.75, 3.05) is 5.75 Å². The molecule has 0 radical (unpaired) electrons. The summed E-state index contributed by atoms with van der Waals surface area (Å²) in [6.45, 7) is 1.25. The smallest absolute Gasteiger partial charge is 0.303 e. The molecule has 0 aromatic carbocycles. The van der Waals surface area contributed by atoms with Crippen LogP contribution >= 0.6 is 0 Å². The molecular weight excluding hydrogens is 168 g/mol. The van der Waals surface area contributed by atoms with E-state index < -0.39 is 21.9 Å². The minimum Gasteiger partial charge on any atom is -0.457 e. The van der Waals surface area contributed by atoms with Crippen molar-refractivity contribution >= 4 is 15.8 Å². The molecule has 4 nitrogen and oxygen atoms in total. The Hall–Kier alpha value is -0.840. The van der Waals surface area contributed by atoms with Crippen LogP contribution in [0.25, 0.3) is 0 Å². The second-order valence-electron chi connectivity index (χ2n) is 2.31. The number of ether oxygens (including phenoxy) is 1. The molecule has 0 aromatic rings. The van der Waals surface area contributed by atoms with E-state index >= 15 is 0 Å². The Morgan fingerprint density at radius 2 is 2.27 bits per heavy atom. The quantitative estimate of drug-likeness (QED) is 0.522. The van der Waals surface area contributed by atoms with Crippen LogP contribution in [-0.2, 0) is 19.4 Å². The van der Waals surface area contributed by atoms with Crippen LogP contribution in [-0.4, -0.2) is 26.2 Å². The second kappa shape index (κ2) is 2.65. The predicted molar refractivity (Wildman–Crippen MR) is 38.5 cm³/mol. The zero-order valence-corrected chi connectivity index (χ0v) is 6.80. The molecule has 1 heterocycles. The average molecular weight is 176 g/mol. The maximum Gasteiger partial charge on any atom is 0.303 e. The van der Waals surface area contributed by atoms with E-state index in [1.807, 2.05) is 0 Å². The number of sulfone groups is 1. The minimum absolute atomic E-state index is 0.118. The molecule has 0 aliphatic carbocycles. The lowest BCUT2D eigenvalue weighted by Crippen LogP contribution is -2.17. The van der Waals surface area contributed by atoms with Crippen LogP contribution in [0.2, 0.25) is 0 Å². The van der Waals surface area contributed by atoms with Gasteiger partial charge in [-0.3, -0.25) is 4.79 Å². The van der Waals surface area contributed by atoms with E-state index in [4.69, 9.17) is 0 Å². The summed E-state index contributed by atoms with van der Waals surface area (Å²) >= 11 is 0. The van der Waals surface area contributed by atoms with Gasteiger partial charge in [0, 0.05) is 12.3 Å². The van der Waals surface area contributed by atoms with Gasteiger partial charge in [0.1, 0.15) is 6.10 Å². The number of carbonyl (C=O) groups is 1. The van der Waals surface area contributed by atoms with Crippen molar-refractivity contribution in [1.82, 2.24) is 0 Å². The van der Waals surface area contributed by atoms with Gasteiger partial charge in [-0.05, 0) is 6.08 Å². The summed E-state index contributed by atoms with van der Waals surface area (Å²) in [5, 5.41) is 1.07. The van der Waals surface area contributed by atoms with Crippen molar-refractivity contribution in [3.8, 4) is 0 Å². The highest BCUT2D eigenvalue weighted by Gasteiger charge is 2.23. The van der Waals surface area contributed by atoms with Crippen molar-refractivity contribution in [3.63, 3.8) is 0 Å². The van der Waals surface area contributed by atoms with Gasteiger partial charge in [-0.2, -0.15) is 0 Å². The van der Waals surface area contributed by atoms with E-state index in [1.165, 1.54) is 13.0 Å². The zero-order valence-electron chi connectivity index (χ0n) is 5.98. The Bertz CT molecular complexity index is 288. The van der Waals surface area contributed by atoms with Gasteiger partial charge in [0.15, 0.2) is 9.84 Å². The third-order valence-corrected chi connectivity index (χ3v) is 2.58. The summed E-state index contributed by atoms with van der Waals surface area (Å²) in [6, 6.07) is 0. The molecule has 1 aliphatic heterocycles. The topological polar surface area (TPSA) is 60.4 Å². The van der Waals surface area contributed by atoms with Crippen molar-refractivity contribution in [2.45, 2.75) is 13.0 Å². The highest BCUT2D eigenvalue weighted by Crippen LogP contribution is 2.10. The van der Waals surface area contributed by atoms with Crippen LogP contribution in [0, 0.1) is 0 Å². The Labute approximate surface area is 64.8 Å². The van der Waals surface area contributed by atoms with Crippen molar-refractivity contribution in [2.24, 2.45) is 0 Å². The number of rotatable bonds is 1. The van der Waals surface area contributed by atoms with Crippen LogP contribution in [0.1, 0.15) is 6.92 Å². The fourth-order valence-corrected chi connectivity index (χ4v) is 2.00. The summed E-state index contributed by atoms with van der Waals surface area (Å²) in [6.07, 6.45) is 0.786. The van der Waals surface area contributed by atoms with E-state index in [-0.39, 0.29) is 5.75 Å². The monoisotopic (exact) mass is 176 g/mol. The van der Waals surface area contributed by atoms with Crippen LogP contribution < -0.4 is 0 Å². The largest absolute Gasteiger partial charge is 0.457 e. The summed E-state index contributed by atoms with van der Waals surface area (Å²) in [5.74, 6) is -0.580. The molecule has 0 amide bonds. The third kappa shape index (κ3) is 2.34. The first-order chi connectivity index (χ1) is 4.99. The number of carbonyl (C=O) groups excluding carboxylic acids is 1. The molecule has 1 unspecified atom stereocenters. The van der Waals surface area contributed by atoms with Gasteiger partial charge >= 0.3 is 5.97 Å². The molecule has 0 saturated carbocycles. The fraction of sp³-hybridized carbons (Fsp3) is 0.500. The number of hydrogen-bond donors (Lipinski definition) is 0. The third-order valence-electron chi connectivity index (χ3n) is 1.21. The average Bonchev–Trinajstić information content (AvgIpc) is 2.08. The summed E-state index contributed by atoms with van der Waals surface area (Å²) in [7, 11) is -3.10. The molecule has 62 valence electrons. The highest BCUT2D eigenvalue weighted by atomic mass is 32.2. The first-order valence-electron chi connectivity index (χ1n) is 3.08. The minimum atomic E-state index is -3.10. The van der Waals surface area contributed by atoms with Gasteiger partial charge in [0.05, 0.1) is 5.75 Å². The Kier molecular flexibility index (Phi) is 1.99. The lowest BCUT2D eigenvalue weighted by molar-refractivity contribution is -0.143. The molecule has 5 heteroatoms. The first-order valence-corrected chi connectivity index (χ1v) is 4.79. The first kappa shape index (κ1) is 8.26. The van der Waals surface area contributed by atoms with Crippen LogP contribution in [0.3, 0.4) is 0 Å². The molecule has 0 fully saturated rings. The SMILES string of the molecule is CC(=O)OC1C=CS(=O)(=O)C1. The van der Waals surface area contributed by atoms with E-state index in [1.54, 1.807) is 0 Å². The molecule has 0 aromatic heterocycles. The van der Waals surface area contributed by atoms with Crippen LogP contribution in [0.15, 0.2) is 11.5 Å². The predicted octanol–water partition coefficient (Wildman–Crippen LogP) is -0.140. The molecule has 0 bridgehead atoms. The molecule has 1 atom stereocenters. The lowest BCUT2D eigenvalue weighted by Gasteiger charge is -2.05. The van der Waals surface area contributed by atoms with Gasteiger partial charge in [-0.15, -0.1) is 0 Å². The summed E-state index contributed by atoms with van der Waals surface area (Å²) in [5.41, 5.74) is 0. The van der Waals surface area contributed by atoms with E-state index in [2.05, 4.69) is 4.74 Å². The Balaban J connectivity index is 2.58. The van der Waals surface area contributed by atoms with Crippen LogP contribution in [0.5, 0.6) is 0 Å². The zero-order chi connectivity index (χ0) is 8.48. The standard InChI is InChI=1S/C6H8O4S/c1-5(7)10-6-2-3-11(8,9)4-6/h2-3,6H,4H2,1H3. The second-order valence-corrected chi connectivity index (χ2v) is 4.24. The van der Waals surface area contributed by atoms with E-state index in [0.717, 1.165) is 5.41 Å².